The number of aromatic nitrogens is 2. The van der Waals surface area contributed by atoms with Crippen LogP contribution in [0.3, 0.4) is 0 Å². The van der Waals surface area contributed by atoms with Crippen molar-refractivity contribution >= 4 is 5.82 Å². The fraction of sp³-hybridized carbons (Fsp3) is 0.444. The molecule has 2 unspecified atom stereocenters. The molecule has 2 atom stereocenters. The molecule has 22 heavy (non-hydrogen) atoms. The monoisotopic (exact) mass is 297 g/mol. The molecule has 0 amide bonds. The minimum Gasteiger partial charge on any atom is -0.379 e. The third-order valence-electron chi connectivity index (χ3n) is 4.41. The predicted octanol–water partition coefficient (Wildman–Crippen LogP) is 2.93. The SMILES string of the molecule is COC1CN(c2ccnc(Cc3ccccc3)n2)CCC1C. The maximum atomic E-state index is 5.60. The van der Waals surface area contributed by atoms with Crippen LogP contribution in [0.5, 0.6) is 0 Å². The van der Waals surface area contributed by atoms with E-state index in [2.05, 4.69) is 28.9 Å². The Bertz CT molecular complexity index is 602. The Morgan fingerprint density at radius 3 is 2.82 bits per heavy atom. The van der Waals surface area contributed by atoms with Crippen molar-refractivity contribution in [2.75, 3.05) is 25.1 Å². The van der Waals surface area contributed by atoms with E-state index >= 15 is 0 Å². The molecule has 1 aliphatic rings. The summed E-state index contributed by atoms with van der Waals surface area (Å²) < 4.78 is 5.60. The van der Waals surface area contributed by atoms with Crippen molar-refractivity contribution in [2.24, 2.45) is 5.92 Å². The number of hydrogen-bond acceptors (Lipinski definition) is 4. The zero-order valence-electron chi connectivity index (χ0n) is 13.3. The van der Waals surface area contributed by atoms with Gasteiger partial charge in [0.1, 0.15) is 11.6 Å². The average Bonchev–Trinajstić information content (AvgIpc) is 2.56. The largest absolute Gasteiger partial charge is 0.379 e. The number of ether oxygens (including phenoxy) is 1. The van der Waals surface area contributed by atoms with Gasteiger partial charge in [0.05, 0.1) is 6.10 Å². The second-order valence-electron chi connectivity index (χ2n) is 5.98. The highest BCUT2D eigenvalue weighted by Crippen LogP contribution is 2.23. The van der Waals surface area contributed by atoms with Crippen LogP contribution in [0.25, 0.3) is 0 Å². The van der Waals surface area contributed by atoms with E-state index in [1.807, 2.05) is 30.5 Å². The molecule has 2 aromatic rings. The van der Waals surface area contributed by atoms with Gasteiger partial charge < -0.3 is 9.64 Å². The molecule has 1 saturated heterocycles. The van der Waals surface area contributed by atoms with Crippen LogP contribution in [-0.4, -0.2) is 36.3 Å². The van der Waals surface area contributed by atoms with E-state index in [1.165, 1.54) is 5.56 Å². The lowest BCUT2D eigenvalue weighted by molar-refractivity contribution is 0.0496. The van der Waals surface area contributed by atoms with Crippen molar-refractivity contribution in [3.05, 3.63) is 54.0 Å². The van der Waals surface area contributed by atoms with Gasteiger partial charge in [-0.25, -0.2) is 9.97 Å². The summed E-state index contributed by atoms with van der Waals surface area (Å²) >= 11 is 0. The predicted molar refractivity (Wildman–Crippen MR) is 88.1 cm³/mol. The van der Waals surface area contributed by atoms with E-state index in [-0.39, 0.29) is 6.10 Å². The van der Waals surface area contributed by atoms with Crippen LogP contribution in [0.2, 0.25) is 0 Å². The van der Waals surface area contributed by atoms with Gasteiger partial charge in [-0.3, -0.25) is 0 Å². The van der Waals surface area contributed by atoms with Crippen LogP contribution in [0.1, 0.15) is 24.7 Å². The van der Waals surface area contributed by atoms with Crippen LogP contribution < -0.4 is 4.90 Å². The van der Waals surface area contributed by atoms with E-state index in [1.54, 1.807) is 7.11 Å². The fourth-order valence-corrected chi connectivity index (χ4v) is 2.98. The van der Waals surface area contributed by atoms with Crippen LogP contribution in [-0.2, 0) is 11.2 Å². The fourth-order valence-electron chi connectivity index (χ4n) is 2.98. The molecule has 116 valence electrons. The molecule has 0 spiro atoms. The highest BCUT2D eigenvalue weighted by molar-refractivity contribution is 5.39. The molecular formula is C18H23N3O. The number of rotatable bonds is 4. The maximum Gasteiger partial charge on any atom is 0.135 e. The first-order valence-corrected chi connectivity index (χ1v) is 7.90. The molecule has 0 saturated carbocycles. The van der Waals surface area contributed by atoms with E-state index in [0.29, 0.717) is 5.92 Å². The van der Waals surface area contributed by atoms with E-state index in [4.69, 9.17) is 9.72 Å². The summed E-state index contributed by atoms with van der Waals surface area (Å²) in [6, 6.07) is 12.3. The molecule has 1 aromatic carbocycles. The first-order valence-electron chi connectivity index (χ1n) is 7.90. The van der Waals surface area contributed by atoms with Crippen LogP contribution in [0.4, 0.5) is 5.82 Å². The Morgan fingerprint density at radius 1 is 1.23 bits per heavy atom. The van der Waals surface area contributed by atoms with Gasteiger partial charge in [0.2, 0.25) is 0 Å². The number of piperidine rings is 1. The summed E-state index contributed by atoms with van der Waals surface area (Å²) in [4.78, 5) is 11.5. The number of methoxy groups -OCH3 is 1. The van der Waals surface area contributed by atoms with Crippen LogP contribution in [0, 0.1) is 5.92 Å². The van der Waals surface area contributed by atoms with Crippen molar-refractivity contribution in [3.63, 3.8) is 0 Å². The third kappa shape index (κ3) is 3.45. The lowest BCUT2D eigenvalue weighted by atomic mass is 9.96. The number of anilines is 1. The number of nitrogens with zero attached hydrogens (tertiary/aromatic N) is 3. The van der Waals surface area contributed by atoms with Gasteiger partial charge in [-0.2, -0.15) is 0 Å². The molecule has 0 aliphatic carbocycles. The standard InChI is InChI=1S/C18H23N3O/c1-14-9-11-21(13-16(14)22-2)18-8-10-19-17(20-18)12-15-6-4-3-5-7-15/h3-8,10,14,16H,9,11-13H2,1-2H3. The van der Waals surface area contributed by atoms with E-state index in [9.17, 15) is 0 Å². The Balaban J connectivity index is 1.74. The summed E-state index contributed by atoms with van der Waals surface area (Å²) in [6.07, 6.45) is 4.05. The zero-order chi connectivity index (χ0) is 15.4. The van der Waals surface area contributed by atoms with Crippen molar-refractivity contribution in [1.29, 1.82) is 0 Å². The molecule has 1 aliphatic heterocycles. The Kier molecular flexibility index (Phi) is 4.68. The zero-order valence-corrected chi connectivity index (χ0v) is 13.3. The van der Waals surface area contributed by atoms with Crippen LogP contribution in [0.15, 0.2) is 42.6 Å². The maximum absolute atomic E-state index is 5.60. The van der Waals surface area contributed by atoms with Gasteiger partial charge >= 0.3 is 0 Å². The van der Waals surface area contributed by atoms with Gasteiger partial charge in [-0.15, -0.1) is 0 Å². The van der Waals surface area contributed by atoms with Gasteiger partial charge in [0.25, 0.3) is 0 Å². The van der Waals surface area contributed by atoms with Crippen molar-refractivity contribution in [3.8, 4) is 0 Å². The smallest absolute Gasteiger partial charge is 0.135 e. The second-order valence-corrected chi connectivity index (χ2v) is 5.98. The van der Waals surface area contributed by atoms with Crippen molar-refractivity contribution < 1.29 is 4.74 Å². The molecule has 0 N–H and O–H groups in total. The number of benzene rings is 1. The van der Waals surface area contributed by atoms with Gasteiger partial charge in [0, 0.05) is 32.8 Å². The van der Waals surface area contributed by atoms with Gasteiger partial charge in [0.15, 0.2) is 0 Å². The summed E-state index contributed by atoms with van der Waals surface area (Å²) in [7, 11) is 1.80. The average molecular weight is 297 g/mol. The second kappa shape index (κ2) is 6.88. The van der Waals surface area contributed by atoms with Crippen molar-refractivity contribution in [1.82, 2.24) is 9.97 Å². The highest BCUT2D eigenvalue weighted by Gasteiger charge is 2.26. The van der Waals surface area contributed by atoms with Gasteiger partial charge in [-0.1, -0.05) is 37.3 Å². The molecular weight excluding hydrogens is 274 g/mol. The third-order valence-corrected chi connectivity index (χ3v) is 4.41. The quantitative estimate of drug-likeness (QED) is 0.869. The minimum atomic E-state index is 0.279. The van der Waals surface area contributed by atoms with Crippen LogP contribution >= 0.6 is 0 Å². The van der Waals surface area contributed by atoms with Gasteiger partial charge in [-0.05, 0) is 24.0 Å². The molecule has 1 aromatic heterocycles. The van der Waals surface area contributed by atoms with Crippen molar-refractivity contribution in [2.45, 2.75) is 25.9 Å². The molecule has 2 heterocycles. The summed E-state index contributed by atoms with van der Waals surface area (Å²) in [6.45, 7) is 4.19. The molecule has 3 rings (SSSR count). The number of hydrogen-bond donors (Lipinski definition) is 0. The summed E-state index contributed by atoms with van der Waals surface area (Å²) in [5.74, 6) is 2.48. The molecule has 0 bridgehead atoms. The Labute approximate surface area is 132 Å². The first kappa shape index (κ1) is 15.0. The summed E-state index contributed by atoms with van der Waals surface area (Å²) in [5, 5.41) is 0. The Morgan fingerprint density at radius 2 is 2.05 bits per heavy atom. The molecule has 0 radical (unpaired) electrons. The first-order chi connectivity index (χ1) is 10.8. The summed E-state index contributed by atoms with van der Waals surface area (Å²) in [5.41, 5.74) is 1.24. The van der Waals surface area contributed by atoms with E-state index in [0.717, 1.165) is 37.6 Å². The lowest BCUT2D eigenvalue weighted by Crippen LogP contribution is -2.44. The van der Waals surface area contributed by atoms with E-state index < -0.39 is 0 Å². The molecule has 4 nitrogen and oxygen atoms in total. The molecule has 4 heteroatoms. The topological polar surface area (TPSA) is 38.2 Å². The molecule has 1 fully saturated rings. The minimum absolute atomic E-state index is 0.279. The Hall–Kier alpha value is -1.94. The normalized spacial score (nSPS) is 21.8. The lowest BCUT2D eigenvalue weighted by Gasteiger charge is -2.36. The highest BCUT2D eigenvalue weighted by atomic mass is 16.5.